The number of sulfone groups is 1. The summed E-state index contributed by atoms with van der Waals surface area (Å²) in [6, 6.07) is 6.90. The van der Waals surface area contributed by atoms with Crippen LogP contribution in [-0.2, 0) is 9.84 Å². The highest BCUT2D eigenvalue weighted by molar-refractivity contribution is 7.91. The highest BCUT2D eigenvalue weighted by Crippen LogP contribution is 2.39. The molecule has 0 saturated heterocycles. The van der Waals surface area contributed by atoms with Crippen LogP contribution in [0.2, 0.25) is 0 Å². The third-order valence-electron chi connectivity index (χ3n) is 4.98. The van der Waals surface area contributed by atoms with Gasteiger partial charge in [0, 0.05) is 12.1 Å². The van der Waals surface area contributed by atoms with E-state index >= 15 is 0 Å². The van der Waals surface area contributed by atoms with Crippen LogP contribution in [0.15, 0.2) is 41.6 Å². The lowest BCUT2D eigenvalue weighted by atomic mass is 10.2. The highest BCUT2D eigenvalue weighted by atomic mass is 32.2. The van der Waals surface area contributed by atoms with Crippen molar-refractivity contribution in [2.24, 2.45) is 0 Å². The van der Waals surface area contributed by atoms with Gasteiger partial charge in [0.2, 0.25) is 0 Å². The van der Waals surface area contributed by atoms with Gasteiger partial charge in [-0.2, -0.15) is 13.2 Å². The largest absolute Gasteiger partial charge is 0.497 e. The number of fused-ring (bicyclic) bond motifs is 1. The first kappa shape index (κ1) is 26.3. The van der Waals surface area contributed by atoms with Crippen LogP contribution in [0.4, 0.5) is 24.7 Å². The molecule has 1 heterocycles. The van der Waals surface area contributed by atoms with Crippen LogP contribution in [0.5, 0.6) is 17.2 Å². The maximum atomic E-state index is 13.2. The molecule has 1 N–H and O–H groups in total. The van der Waals surface area contributed by atoms with Crippen molar-refractivity contribution in [2.75, 3.05) is 18.2 Å². The fraction of sp³-hybridized carbons (Fsp3) is 0.391. The van der Waals surface area contributed by atoms with Crippen LogP contribution < -0.4 is 19.5 Å². The normalized spacial score (nSPS) is 13.1. The molecule has 1 aromatic heterocycles. The summed E-state index contributed by atoms with van der Waals surface area (Å²) in [4.78, 5) is 8.41. The van der Waals surface area contributed by atoms with Gasteiger partial charge in [0.15, 0.2) is 15.9 Å². The molecule has 2 aromatic carbocycles. The Morgan fingerprint density at radius 1 is 1.03 bits per heavy atom. The molecule has 3 aromatic rings. The zero-order valence-corrected chi connectivity index (χ0v) is 20.6. The molecule has 3 rings (SSSR count). The van der Waals surface area contributed by atoms with E-state index < -0.39 is 22.1 Å². The Morgan fingerprint density at radius 3 is 2.34 bits per heavy atom. The van der Waals surface area contributed by atoms with E-state index in [-0.39, 0.29) is 34.0 Å². The molecule has 0 saturated carbocycles. The number of aromatic nitrogens is 2. The molecule has 0 spiro atoms. The van der Waals surface area contributed by atoms with Crippen LogP contribution in [0.3, 0.4) is 0 Å². The van der Waals surface area contributed by atoms with Crippen molar-refractivity contribution in [3.8, 4) is 17.2 Å². The van der Waals surface area contributed by atoms with Crippen LogP contribution in [0.1, 0.15) is 27.7 Å². The summed E-state index contributed by atoms with van der Waals surface area (Å²) >= 11 is 0. The quantitative estimate of drug-likeness (QED) is 0.412. The van der Waals surface area contributed by atoms with E-state index in [1.807, 2.05) is 13.8 Å². The number of hydrogen-bond donors (Lipinski definition) is 1. The van der Waals surface area contributed by atoms with Gasteiger partial charge in [-0.15, -0.1) is 0 Å². The molecule has 0 fully saturated rings. The monoisotopic (exact) mass is 513 g/mol. The second-order valence-electron chi connectivity index (χ2n) is 7.90. The summed E-state index contributed by atoms with van der Waals surface area (Å²) in [7, 11) is -2.16. The summed E-state index contributed by atoms with van der Waals surface area (Å²) < 4.78 is 80.8. The maximum Gasteiger partial charge on any atom is 0.425 e. The Bertz CT molecular complexity index is 1310. The minimum atomic E-state index is -4.62. The smallest absolute Gasteiger partial charge is 0.425 e. The van der Waals surface area contributed by atoms with Gasteiger partial charge in [-0.25, -0.2) is 18.4 Å². The lowest BCUT2D eigenvalue weighted by Crippen LogP contribution is -2.31. The lowest BCUT2D eigenvalue weighted by Gasteiger charge is -2.21. The number of ether oxygens (including phenoxy) is 3. The van der Waals surface area contributed by atoms with Crippen molar-refractivity contribution in [1.82, 2.24) is 9.97 Å². The molecular weight excluding hydrogens is 487 g/mol. The Balaban J connectivity index is 2.19. The molecule has 0 amide bonds. The first-order chi connectivity index (χ1) is 16.4. The van der Waals surface area contributed by atoms with E-state index in [2.05, 4.69) is 15.3 Å². The number of rotatable bonds is 9. The first-order valence-corrected chi connectivity index (χ1v) is 12.4. The summed E-state index contributed by atoms with van der Waals surface area (Å²) in [5, 5.41) is 3.36. The summed E-state index contributed by atoms with van der Waals surface area (Å²) in [6.07, 6.45) is -5.72. The molecule has 8 nitrogen and oxygen atoms in total. The van der Waals surface area contributed by atoms with E-state index in [1.54, 1.807) is 12.1 Å². The summed E-state index contributed by atoms with van der Waals surface area (Å²) in [6.45, 7) is 5.98. The van der Waals surface area contributed by atoms with Gasteiger partial charge in [-0.3, -0.25) is 0 Å². The standard InChI is InChI=1S/C23H26F3N3O5S/c1-6-35(30,31)16-7-8-19(34-14(4)23(24,25)26)17(11-16)29-22-21-18(27-12-28-22)9-15(32-5)10-20(21)33-13(2)3/h7-14H,6H2,1-5H3,(H,27,28,29). The molecule has 0 radical (unpaired) electrons. The van der Waals surface area contributed by atoms with E-state index in [4.69, 9.17) is 14.2 Å². The molecule has 1 unspecified atom stereocenters. The Morgan fingerprint density at radius 2 is 1.74 bits per heavy atom. The first-order valence-electron chi connectivity index (χ1n) is 10.7. The average Bonchev–Trinajstić information content (AvgIpc) is 2.78. The lowest BCUT2D eigenvalue weighted by molar-refractivity contribution is -0.189. The third kappa shape index (κ3) is 6.05. The second-order valence-corrected chi connectivity index (χ2v) is 10.2. The number of nitrogens with one attached hydrogen (secondary N) is 1. The van der Waals surface area contributed by atoms with Gasteiger partial charge in [0.05, 0.1) is 40.5 Å². The average molecular weight is 514 g/mol. The Hall–Kier alpha value is -3.28. The molecule has 1 atom stereocenters. The molecule has 0 bridgehead atoms. The van der Waals surface area contributed by atoms with Gasteiger partial charge in [-0.05, 0) is 39.0 Å². The van der Waals surface area contributed by atoms with Crippen LogP contribution in [0, 0.1) is 0 Å². The number of anilines is 2. The predicted molar refractivity (Wildman–Crippen MR) is 125 cm³/mol. The topological polar surface area (TPSA) is 99.6 Å². The molecule has 0 aliphatic heterocycles. The molecule has 190 valence electrons. The van der Waals surface area contributed by atoms with Crippen molar-refractivity contribution in [1.29, 1.82) is 0 Å². The van der Waals surface area contributed by atoms with Crippen molar-refractivity contribution < 1.29 is 35.8 Å². The van der Waals surface area contributed by atoms with E-state index in [1.165, 1.54) is 38.6 Å². The Labute approximate surface area is 201 Å². The number of benzene rings is 2. The predicted octanol–water partition coefficient (Wildman–Crippen LogP) is 5.29. The molecule has 12 heteroatoms. The molecule has 0 aliphatic rings. The zero-order valence-electron chi connectivity index (χ0n) is 19.8. The van der Waals surface area contributed by atoms with Gasteiger partial charge < -0.3 is 19.5 Å². The fourth-order valence-corrected chi connectivity index (χ4v) is 4.05. The summed E-state index contributed by atoms with van der Waals surface area (Å²) in [5.74, 6) is 0.659. The van der Waals surface area contributed by atoms with Crippen molar-refractivity contribution >= 4 is 32.2 Å². The number of halogens is 3. The fourth-order valence-electron chi connectivity index (χ4n) is 3.14. The SMILES string of the molecule is CCS(=O)(=O)c1ccc(OC(C)C(F)(F)F)c(Nc2ncnc3cc(OC)cc(OC(C)C)c23)c1. The zero-order chi connectivity index (χ0) is 26.0. The van der Waals surface area contributed by atoms with E-state index in [9.17, 15) is 21.6 Å². The molecular formula is C23H26F3N3O5S. The molecule has 0 aliphatic carbocycles. The Kier molecular flexibility index (Phi) is 7.63. The van der Waals surface area contributed by atoms with Gasteiger partial charge in [0.1, 0.15) is 29.4 Å². The van der Waals surface area contributed by atoms with Crippen LogP contribution in [-0.4, -0.2) is 49.6 Å². The second kappa shape index (κ2) is 10.1. The van der Waals surface area contributed by atoms with E-state index in [0.29, 0.717) is 22.4 Å². The van der Waals surface area contributed by atoms with Gasteiger partial charge >= 0.3 is 6.18 Å². The number of methoxy groups -OCH3 is 1. The van der Waals surface area contributed by atoms with Crippen molar-refractivity contribution in [3.63, 3.8) is 0 Å². The number of alkyl halides is 3. The summed E-state index contributed by atoms with van der Waals surface area (Å²) in [5.41, 5.74) is 0.433. The molecule has 35 heavy (non-hydrogen) atoms. The minimum absolute atomic E-state index is 0.0121. The van der Waals surface area contributed by atoms with Gasteiger partial charge in [-0.1, -0.05) is 6.92 Å². The van der Waals surface area contributed by atoms with Crippen molar-refractivity contribution in [3.05, 3.63) is 36.7 Å². The highest BCUT2D eigenvalue weighted by Gasteiger charge is 2.38. The minimum Gasteiger partial charge on any atom is -0.497 e. The van der Waals surface area contributed by atoms with E-state index in [0.717, 1.165) is 6.92 Å². The maximum absolute atomic E-state index is 13.2. The van der Waals surface area contributed by atoms with Crippen LogP contribution >= 0.6 is 0 Å². The van der Waals surface area contributed by atoms with Gasteiger partial charge in [0.25, 0.3) is 0 Å². The number of hydrogen-bond acceptors (Lipinski definition) is 8. The third-order valence-corrected chi connectivity index (χ3v) is 6.71. The number of nitrogens with zero attached hydrogens (tertiary/aromatic N) is 2. The van der Waals surface area contributed by atoms with Crippen molar-refractivity contribution in [2.45, 2.75) is 51.0 Å². The van der Waals surface area contributed by atoms with Crippen LogP contribution in [0.25, 0.3) is 10.9 Å².